The van der Waals surface area contributed by atoms with Crippen LogP contribution in [0.25, 0.3) is 11.3 Å². The number of carboxylic acid groups (broad SMARTS) is 1. The fourth-order valence-electron chi connectivity index (χ4n) is 2.11. The molecule has 1 aromatic carbocycles. The second-order valence-electron chi connectivity index (χ2n) is 4.56. The van der Waals surface area contributed by atoms with Gasteiger partial charge in [0.05, 0.1) is 16.7 Å². The van der Waals surface area contributed by atoms with E-state index in [2.05, 4.69) is 4.98 Å². The summed E-state index contributed by atoms with van der Waals surface area (Å²) < 4.78 is 71.9. The normalized spacial score (nSPS) is 13.7. The summed E-state index contributed by atoms with van der Waals surface area (Å²) in [5.41, 5.74) is -2.22. The third-order valence-corrected chi connectivity index (χ3v) is 4.81. The summed E-state index contributed by atoms with van der Waals surface area (Å²) in [4.78, 5) is 15.0. The summed E-state index contributed by atoms with van der Waals surface area (Å²) >= 11 is 0. The highest BCUT2D eigenvalue weighted by Gasteiger charge is 2.27. The number of hydrogen-bond acceptors (Lipinski definition) is 4. The van der Waals surface area contributed by atoms with E-state index < -0.39 is 62.8 Å². The van der Waals surface area contributed by atoms with Crippen molar-refractivity contribution in [2.24, 2.45) is 0 Å². The van der Waals surface area contributed by atoms with E-state index in [-0.39, 0.29) is 4.90 Å². The predicted molar refractivity (Wildman–Crippen MR) is 83.6 cm³/mol. The number of hydrogen-bond donors (Lipinski definition) is 1. The van der Waals surface area contributed by atoms with Crippen LogP contribution in [0.2, 0.25) is 0 Å². The molecule has 8 heteroatoms. The zero-order valence-electron chi connectivity index (χ0n) is 15.8. The summed E-state index contributed by atoms with van der Waals surface area (Å²) in [6, 6.07) is -0.194. The van der Waals surface area contributed by atoms with Crippen molar-refractivity contribution >= 4 is 16.0 Å². The number of nitrogens with zero attached hydrogens (tertiary/aromatic N) is 2. The Bertz CT molecular complexity index is 1180. The van der Waals surface area contributed by atoms with Gasteiger partial charge in [-0.1, -0.05) is 12.1 Å². The first-order valence-corrected chi connectivity index (χ1v) is 7.89. The molecule has 0 unspecified atom stereocenters. The van der Waals surface area contributed by atoms with Crippen molar-refractivity contribution in [2.75, 3.05) is 0 Å². The lowest BCUT2D eigenvalue weighted by atomic mass is 10.1. The van der Waals surface area contributed by atoms with E-state index in [1.54, 1.807) is 0 Å². The lowest BCUT2D eigenvalue weighted by molar-refractivity contribution is 0.0698. The van der Waals surface area contributed by atoms with Gasteiger partial charge >= 0.3 is 5.97 Å². The van der Waals surface area contributed by atoms with Gasteiger partial charge in [-0.25, -0.2) is 21.6 Å². The van der Waals surface area contributed by atoms with Crippen LogP contribution in [-0.2, 0) is 10.0 Å². The zero-order chi connectivity index (χ0) is 20.8. The molecule has 6 nitrogen and oxygen atoms in total. The molecule has 0 saturated heterocycles. The van der Waals surface area contributed by atoms with Crippen LogP contribution >= 0.6 is 0 Å². The molecule has 0 aliphatic heterocycles. The summed E-state index contributed by atoms with van der Waals surface area (Å²) in [7, 11) is -4.43. The van der Waals surface area contributed by atoms with Gasteiger partial charge in [0.2, 0.25) is 0 Å². The van der Waals surface area contributed by atoms with Crippen molar-refractivity contribution in [1.82, 2.24) is 8.96 Å². The Labute approximate surface area is 142 Å². The zero-order valence-corrected chi connectivity index (χ0v) is 12.6. The van der Waals surface area contributed by atoms with E-state index >= 15 is 0 Å². The maximum absolute atomic E-state index is 14.8. The molecule has 2 aromatic heterocycles. The van der Waals surface area contributed by atoms with Crippen LogP contribution in [0, 0.1) is 5.82 Å². The molecule has 2 heterocycles. The number of benzene rings is 1. The van der Waals surface area contributed by atoms with Crippen LogP contribution in [0.5, 0.6) is 0 Å². The molecule has 0 spiro atoms. The Morgan fingerprint density at radius 1 is 1.29 bits per heavy atom. The average molecular weight is 350 g/mol. The van der Waals surface area contributed by atoms with E-state index in [0.29, 0.717) is 3.97 Å². The third kappa shape index (κ3) is 2.56. The SMILES string of the molecule is [2H]c1c([2H])c([2H])c(-c2c(C(=O)O)ccn2S(=O)(=O)c2cccnc2)c(F)c1[2H]. The van der Waals surface area contributed by atoms with Crippen LogP contribution in [-0.4, -0.2) is 28.5 Å². The molecule has 0 aliphatic rings. The van der Waals surface area contributed by atoms with E-state index in [4.69, 9.17) is 5.48 Å². The second-order valence-corrected chi connectivity index (χ2v) is 6.38. The lowest BCUT2D eigenvalue weighted by Gasteiger charge is -2.12. The van der Waals surface area contributed by atoms with Gasteiger partial charge in [-0.05, 0) is 30.3 Å². The first-order valence-electron chi connectivity index (χ1n) is 8.45. The Morgan fingerprint density at radius 2 is 2.04 bits per heavy atom. The van der Waals surface area contributed by atoms with Gasteiger partial charge in [0, 0.05) is 24.2 Å². The van der Waals surface area contributed by atoms with Gasteiger partial charge in [0.25, 0.3) is 10.0 Å². The fourth-order valence-corrected chi connectivity index (χ4v) is 3.43. The maximum atomic E-state index is 14.8. The highest BCUT2D eigenvalue weighted by atomic mass is 32.2. The first-order chi connectivity index (χ1) is 13.1. The van der Waals surface area contributed by atoms with Crippen LogP contribution < -0.4 is 0 Å². The molecule has 0 amide bonds. The highest BCUT2D eigenvalue weighted by molar-refractivity contribution is 7.90. The molecular formula is C16H11FN2O4S. The molecule has 0 saturated carbocycles. The quantitative estimate of drug-likeness (QED) is 0.781. The van der Waals surface area contributed by atoms with Gasteiger partial charge in [0.15, 0.2) is 0 Å². The fraction of sp³-hybridized carbons (Fsp3) is 0. The number of pyridine rings is 1. The number of aromatic carboxylic acids is 1. The Balaban J connectivity index is 2.45. The largest absolute Gasteiger partial charge is 0.478 e. The van der Waals surface area contributed by atoms with E-state index in [0.717, 1.165) is 18.5 Å². The van der Waals surface area contributed by atoms with E-state index in [1.165, 1.54) is 18.3 Å². The van der Waals surface area contributed by atoms with Crippen LogP contribution in [0.4, 0.5) is 4.39 Å². The van der Waals surface area contributed by atoms with Crippen molar-refractivity contribution in [3.8, 4) is 11.3 Å². The van der Waals surface area contributed by atoms with Crippen molar-refractivity contribution in [3.05, 3.63) is 72.3 Å². The Hall–Kier alpha value is -3.00. The summed E-state index contributed by atoms with van der Waals surface area (Å²) in [5.74, 6) is -3.06. The molecule has 3 rings (SSSR count). The van der Waals surface area contributed by atoms with E-state index in [1.807, 2.05) is 0 Å². The van der Waals surface area contributed by atoms with Crippen molar-refractivity contribution < 1.29 is 28.2 Å². The van der Waals surface area contributed by atoms with Gasteiger partial charge in [0.1, 0.15) is 10.7 Å². The number of halogens is 1. The molecule has 24 heavy (non-hydrogen) atoms. The monoisotopic (exact) mass is 350 g/mol. The smallest absolute Gasteiger partial charge is 0.337 e. The third-order valence-electron chi connectivity index (χ3n) is 3.15. The summed E-state index contributed by atoms with van der Waals surface area (Å²) in [6.45, 7) is 0. The Morgan fingerprint density at radius 3 is 2.71 bits per heavy atom. The predicted octanol–water partition coefficient (Wildman–Crippen LogP) is 2.62. The molecule has 0 fully saturated rings. The number of carboxylic acids is 1. The number of carbonyl (C=O) groups is 1. The molecule has 1 N–H and O–H groups in total. The standard InChI is InChI=1S/C16H11FN2O4S/c17-14-6-2-1-5-12(14)15-13(16(20)21)7-9-19(15)24(22,23)11-4-3-8-18-10-11/h1-10H,(H,20,21)/i1D,2D,5D,6D. The molecule has 0 bridgehead atoms. The van der Waals surface area contributed by atoms with Crippen molar-refractivity contribution in [3.63, 3.8) is 0 Å². The number of aromatic nitrogens is 2. The van der Waals surface area contributed by atoms with Gasteiger partial charge in [-0.3, -0.25) is 4.98 Å². The topological polar surface area (TPSA) is 89.3 Å². The van der Waals surface area contributed by atoms with Gasteiger partial charge < -0.3 is 5.11 Å². The molecule has 3 aromatic rings. The lowest BCUT2D eigenvalue weighted by Crippen LogP contribution is -2.15. The molecule has 0 aliphatic carbocycles. The molecular weight excluding hydrogens is 335 g/mol. The molecule has 0 atom stereocenters. The van der Waals surface area contributed by atoms with Crippen LogP contribution in [0.3, 0.4) is 0 Å². The highest BCUT2D eigenvalue weighted by Crippen LogP contribution is 2.30. The summed E-state index contributed by atoms with van der Waals surface area (Å²) in [6.07, 6.45) is 3.21. The first kappa shape index (κ1) is 11.5. The van der Waals surface area contributed by atoms with Crippen LogP contribution in [0.15, 0.2) is 65.9 Å². The van der Waals surface area contributed by atoms with Gasteiger partial charge in [-0.15, -0.1) is 0 Å². The minimum absolute atomic E-state index is 0.315. The van der Waals surface area contributed by atoms with E-state index in [9.17, 15) is 22.7 Å². The Kier molecular flexibility index (Phi) is 2.83. The molecule has 0 radical (unpaired) electrons. The molecule has 122 valence electrons. The minimum Gasteiger partial charge on any atom is -0.478 e. The minimum atomic E-state index is -4.43. The number of rotatable bonds is 4. The maximum Gasteiger partial charge on any atom is 0.337 e. The van der Waals surface area contributed by atoms with Crippen molar-refractivity contribution in [2.45, 2.75) is 4.90 Å². The summed E-state index contributed by atoms with van der Waals surface area (Å²) in [5, 5.41) is 9.42. The van der Waals surface area contributed by atoms with Gasteiger partial charge in [-0.2, -0.15) is 0 Å². The average Bonchev–Trinajstić information content (AvgIpc) is 3.11. The van der Waals surface area contributed by atoms with Crippen LogP contribution in [0.1, 0.15) is 15.8 Å². The second kappa shape index (κ2) is 5.89. The van der Waals surface area contributed by atoms with Crippen molar-refractivity contribution in [1.29, 1.82) is 0 Å².